The van der Waals surface area contributed by atoms with Crippen molar-refractivity contribution in [1.82, 2.24) is 0 Å². The quantitative estimate of drug-likeness (QED) is 0.409. The summed E-state index contributed by atoms with van der Waals surface area (Å²) < 4.78 is 0. The van der Waals surface area contributed by atoms with Crippen LogP contribution in [0.2, 0.25) is 0 Å². The molecule has 4 aliphatic carbocycles. The maximum Gasteiger partial charge on any atom is 0.238 e. The van der Waals surface area contributed by atoms with Gasteiger partial charge in [-0.1, -0.05) is 31.9 Å². The van der Waals surface area contributed by atoms with Gasteiger partial charge in [-0.3, -0.25) is 29.0 Å². The third-order valence-corrected chi connectivity index (χ3v) is 12.5. The van der Waals surface area contributed by atoms with Gasteiger partial charge in [-0.05, 0) is 73.6 Å². The molecule has 32 heavy (non-hydrogen) atoms. The summed E-state index contributed by atoms with van der Waals surface area (Å²) in [4.78, 5) is 55.7. The highest BCUT2D eigenvalue weighted by Gasteiger charge is 2.66. The van der Waals surface area contributed by atoms with Crippen molar-refractivity contribution in [3.8, 4) is 0 Å². The molecule has 10 atom stereocenters. The summed E-state index contributed by atoms with van der Waals surface area (Å²) in [5.74, 6) is -0.213. The lowest BCUT2D eigenvalue weighted by atomic mass is 9.81. The van der Waals surface area contributed by atoms with Crippen LogP contribution in [0, 0.1) is 47.3 Å². The van der Waals surface area contributed by atoms with Crippen LogP contribution in [0.3, 0.4) is 0 Å². The molecule has 4 bridgehead atoms. The van der Waals surface area contributed by atoms with Crippen molar-refractivity contribution in [2.75, 3.05) is 9.80 Å². The van der Waals surface area contributed by atoms with E-state index < -0.39 is 0 Å². The summed E-state index contributed by atoms with van der Waals surface area (Å²) in [6.45, 7) is 0. The Morgan fingerprint density at radius 1 is 0.594 bits per heavy atom. The van der Waals surface area contributed by atoms with Crippen LogP contribution < -0.4 is 9.80 Å². The first-order valence-electron chi connectivity index (χ1n) is 11.5. The number of hydrogen-bond acceptors (Lipinski definition) is 4. The number of nitrogens with zero attached hydrogens (tertiary/aromatic N) is 2. The Balaban J connectivity index is 1.17. The maximum absolute atomic E-state index is 13.2. The number of alkyl halides is 2. The molecule has 6 fully saturated rings. The minimum Gasteiger partial charge on any atom is -0.274 e. The minimum absolute atomic E-state index is 0.0777. The molecule has 2 aliphatic heterocycles. The highest BCUT2D eigenvalue weighted by molar-refractivity contribution is 9.12. The van der Waals surface area contributed by atoms with Gasteiger partial charge in [0.25, 0.3) is 0 Å². The number of halogens is 2. The van der Waals surface area contributed by atoms with Crippen LogP contribution in [-0.4, -0.2) is 33.3 Å². The highest BCUT2D eigenvalue weighted by atomic mass is 79.9. The van der Waals surface area contributed by atoms with E-state index in [-0.39, 0.29) is 68.8 Å². The lowest BCUT2D eigenvalue weighted by Gasteiger charge is -2.28. The summed E-state index contributed by atoms with van der Waals surface area (Å²) in [6.07, 6.45) is 4.00. The first-order chi connectivity index (χ1) is 15.4. The van der Waals surface area contributed by atoms with Crippen molar-refractivity contribution >= 4 is 66.9 Å². The van der Waals surface area contributed by atoms with Gasteiger partial charge in [0.15, 0.2) is 0 Å². The molecule has 7 rings (SSSR count). The lowest BCUT2D eigenvalue weighted by molar-refractivity contribution is -0.124. The van der Waals surface area contributed by atoms with Crippen LogP contribution in [0.15, 0.2) is 24.3 Å². The zero-order chi connectivity index (χ0) is 22.0. The minimum atomic E-state index is -0.262. The van der Waals surface area contributed by atoms with Crippen molar-refractivity contribution in [3.05, 3.63) is 24.3 Å². The second-order valence-electron chi connectivity index (χ2n) is 10.4. The predicted octanol–water partition coefficient (Wildman–Crippen LogP) is 3.50. The Kier molecular flexibility index (Phi) is 4.06. The molecule has 6 aliphatic rings. The fourth-order valence-electron chi connectivity index (χ4n) is 8.02. The molecule has 10 unspecified atom stereocenters. The number of carbonyl (C=O) groups is 4. The zero-order valence-electron chi connectivity index (χ0n) is 17.2. The Labute approximate surface area is 202 Å². The zero-order valence-corrected chi connectivity index (χ0v) is 20.4. The largest absolute Gasteiger partial charge is 0.274 e. The SMILES string of the molecule is O=C1C2C3CCC(C3)C2C(=O)N1c1ccc(N2C(=O)C3C4CC(C(Br)C4Br)C3C2=O)cc1. The number of benzene rings is 1. The summed E-state index contributed by atoms with van der Waals surface area (Å²) in [6, 6.07) is 6.82. The Morgan fingerprint density at radius 2 is 0.969 bits per heavy atom. The fraction of sp³-hybridized carbons (Fsp3) is 0.583. The van der Waals surface area contributed by atoms with Crippen LogP contribution in [0.4, 0.5) is 11.4 Å². The number of anilines is 2. The Morgan fingerprint density at radius 3 is 1.38 bits per heavy atom. The Bertz CT molecular complexity index is 1030. The van der Waals surface area contributed by atoms with Crippen LogP contribution >= 0.6 is 31.9 Å². The third kappa shape index (κ3) is 2.26. The normalized spacial score (nSPS) is 46.1. The van der Waals surface area contributed by atoms with Crippen molar-refractivity contribution < 1.29 is 19.2 Å². The number of imide groups is 2. The van der Waals surface area contributed by atoms with E-state index in [1.807, 2.05) is 0 Å². The van der Waals surface area contributed by atoms with Gasteiger partial charge in [0, 0.05) is 9.65 Å². The summed E-state index contributed by atoms with van der Waals surface area (Å²) in [5, 5.41) is 0. The molecular weight excluding hydrogens is 540 g/mol. The second kappa shape index (κ2) is 6.53. The van der Waals surface area contributed by atoms with E-state index in [1.165, 1.54) is 9.80 Å². The van der Waals surface area contributed by atoms with Gasteiger partial charge < -0.3 is 0 Å². The molecule has 6 nitrogen and oxygen atoms in total. The third-order valence-electron chi connectivity index (χ3n) is 9.28. The van der Waals surface area contributed by atoms with Crippen LogP contribution in [0.5, 0.6) is 0 Å². The average molecular weight is 562 g/mol. The van der Waals surface area contributed by atoms with E-state index in [0.717, 1.165) is 25.7 Å². The summed E-state index contributed by atoms with van der Waals surface area (Å²) in [5.41, 5.74) is 1.06. The molecule has 166 valence electrons. The van der Waals surface area contributed by atoms with Gasteiger partial charge in [0.2, 0.25) is 23.6 Å². The van der Waals surface area contributed by atoms with Crippen LogP contribution in [0.25, 0.3) is 0 Å². The molecule has 4 amide bonds. The molecule has 2 heterocycles. The molecular formula is C24H22Br2N2O4. The smallest absolute Gasteiger partial charge is 0.238 e. The number of fused-ring (bicyclic) bond motifs is 10. The van der Waals surface area contributed by atoms with E-state index in [9.17, 15) is 19.2 Å². The molecule has 8 heteroatoms. The maximum atomic E-state index is 13.2. The molecule has 2 saturated heterocycles. The molecule has 0 spiro atoms. The average Bonchev–Trinajstić information content (AvgIpc) is 3.59. The van der Waals surface area contributed by atoms with Crippen LogP contribution in [0.1, 0.15) is 25.7 Å². The van der Waals surface area contributed by atoms with E-state index in [1.54, 1.807) is 24.3 Å². The van der Waals surface area contributed by atoms with E-state index in [4.69, 9.17) is 0 Å². The van der Waals surface area contributed by atoms with Crippen molar-refractivity contribution in [3.63, 3.8) is 0 Å². The van der Waals surface area contributed by atoms with Crippen LogP contribution in [-0.2, 0) is 19.2 Å². The first kappa shape index (κ1) is 19.9. The molecule has 4 saturated carbocycles. The number of amides is 4. The topological polar surface area (TPSA) is 74.8 Å². The van der Waals surface area contributed by atoms with Crippen molar-refractivity contribution in [1.29, 1.82) is 0 Å². The second-order valence-corrected chi connectivity index (χ2v) is 12.5. The predicted molar refractivity (Wildman–Crippen MR) is 123 cm³/mol. The van der Waals surface area contributed by atoms with Gasteiger partial charge in [-0.25, -0.2) is 0 Å². The van der Waals surface area contributed by atoms with E-state index in [0.29, 0.717) is 23.2 Å². The molecule has 0 N–H and O–H groups in total. The van der Waals surface area contributed by atoms with Crippen molar-refractivity contribution in [2.24, 2.45) is 47.3 Å². The molecule has 1 aromatic rings. The summed E-state index contributed by atoms with van der Waals surface area (Å²) >= 11 is 7.43. The monoisotopic (exact) mass is 560 g/mol. The Hall–Kier alpha value is -1.54. The lowest BCUT2D eigenvalue weighted by Crippen LogP contribution is -2.37. The molecule has 1 aromatic carbocycles. The number of hydrogen-bond donors (Lipinski definition) is 0. The summed E-state index contributed by atoms with van der Waals surface area (Å²) in [7, 11) is 0. The van der Waals surface area contributed by atoms with E-state index >= 15 is 0 Å². The van der Waals surface area contributed by atoms with Crippen molar-refractivity contribution in [2.45, 2.75) is 35.3 Å². The highest BCUT2D eigenvalue weighted by Crippen LogP contribution is 2.61. The van der Waals surface area contributed by atoms with Gasteiger partial charge in [-0.15, -0.1) is 0 Å². The standard InChI is InChI=1S/C24H22Br2N2O4/c25-19-13-8-14(20(19)26)18-17(13)23(31)28(24(18)32)12-5-3-11(4-6-12)27-21(29)15-9-1-2-10(7-9)16(15)22(27)30/h3-6,9-10,13-20H,1-2,7-8H2. The number of carbonyl (C=O) groups excluding carboxylic acids is 4. The molecule has 0 aromatic heterocycles. The van der Waals surface area contributed by atoms with Gasteiger partial charge in [-0.2, -0.15) is 0 Å². The fourth-order valence-corrected chi connectivity index (χ4v) is 9.89. The first-order valence-corrected chi connectivity index (χ1v) is 13.4. The van der Waals surface area contributed by atoms with Gasteiger partial charge >= 0.3 is 0 Å². The van der Waals surface area contributed by atoms with Gasteiger partial charge in [0.1, 0.15) is 0 Å². The van der Waals surface area contributed by atoms with Gasteiger partial charge in [0.05, 0.1) is 35.0 Å². The molecule has 0 radical (unpaired) electrons. The van der Waals surface area contributed by atoms with E-state index in [2.05, 4.69) is 31.9 Å². The number of rotatable bonds is 2.